The molecule has 2 fully saturated rings. The molecule has 6 nitrogen and oxygen atoms in total. The summed E-state index contributed by atoms with van der Waals surface area (Å²) in [5.41, 5.74) is 0.551. The van der Waals surface area contributed by atoms with Crippen LogP contribution in [0, 0.1) is 11.8 Å². The summed E-state index contributed by atoms with van der Waals surface area (Å²) in [6, 6.07) is 16.4. The topological polar surface area (TPSA) is 75.7 Å². The number of fused-ring (bicyclic) bond motifs is 1. The van der Waals surface area contributed by atoms with Gasteiger partial charge in [0, 0.05) is 11.8 Å². The predicted molar refractivity (Wildman–Crippen MR) is 104 cm³/mol. The van der Waals surface area contributed by atoms with Gasteiger partial charge in [-0.05, 0) is 37.1 Å². The van der Waals surface area contributed by atoms with Crippen LogP contribution in [-0.2, 0) is 14.4 Å². The van der Waals surface area contributed by atoms with E-state index in [-0.39, 0.29) is 30.2 Å². The van der Waals surface area contributed by atoms with E-state index in [1.54, 1.807) is 24.3 Å². The molecule has 3 amide bonds. The van der Waals surface area contributed by atoms with Crippen LogP contribution in [0.2, 0.25) is 0 Å². The molecule has 2 aromatic carbocycles. The van der Waals surface area contributed by atoms with Gasteiger partial charge < -0.3 is 10.1 Å². The molecule has 6 heteroatoms. The normalized spacial score (nSPS) is 21.4. The van der Waals surface area contributed by atoms with E-state index in [4.69, 9.17) is 4.74 Å². The number of amides is 3. The summed E-state index contributed by atoms with van der Waals surface area (Å²) in [5, 5.41) is 2.75. The number of carbonyl (C=O) groups is 3. The molecule has 4 rings (SSSR count). The fourth-order valence-corrected chi connectivity index (χ4v) is 3.99. The summed E-state index contributed by atoms with van der Waals surface area (Å²) in [4.78, 5) is 38.6. The highest BCUT2D eigenvalue weighted by Gasteiger charge is 2.48. The number of likely N-dealkylation sites (tertiary alicyclic amines) is 1. The zero-order valence-corrected chi connectivity index (χ0v) is 15.5. The lowest BCUT2D eigenvalue weighted by Gasteiger charge is -2.19. The molecule has 1 heterocycles. The second-order valence-corrected chi connectivity index (χ2v) is 7.25. The van der Waals surface area contributed by atoms with Crippen molar-refractivity contribution in [2.24, 2.45) is 11.8 Å². The molecule has 1 saturated heterocycles. The Labute approximate surface area is 163 Å². The molecule has 1 aliphatic carbocycles. The minimum atomic E-state index is -0.391. The number of hydrogen-bond donors (Lipinski definition) is 1. The molecule has 144 valence electrons. The van der Waals surface area contributed by atoms with Crippen LogP contribution in [0.3, 0.4) is 0 Å². The lowest BCUT2D eigenvalue weighted by molar-refractivity contribution is -0.142. The average molecular weight is 378 g/mol. The first-order valence-electron chi connectivity index (χ1n) is 9.60. The van der Waals surface area contributed by atoms with E-state index in [0.29, 0.717) is 17.2 Å². The number of ether oxygens (including phenoxy) is 1. The van der Waals surface area contributed by atoms with Crippen molar-refractivity contribution in [2.75, 3.05) is 11.9 Å². The summed E-state index contributed by atoms with van der Waals surface area (Å²) >= 11 is 0. The Hall–Kier alpha value is -3.15. The number of nitrogens with one attached hydrogen (secondary N) is 1. The Balaban J connectivity index is 1.39. The van der Waals surface area contributed by atoms with Crippen molar-refractivity contribution in [1.82, 2.24) is 4.90 Å². The van der Waals surface area contributed by atoms with Gasteiger partial charge in [0.2, 0.25) is 17.7 Å². The third-order valence-electron chi connectivity index (χ3n) is 5.33. The van der Waals surface area contributed by atoms with Gasteiger partial charge in [-0.25, -0.2) is 0 Å². The Bertz CT molecular complexity index is 872. The first kappa shape index (κ1) is 18.2. The zero-order chi connectivity index (χ0) is 19.5. The van der Waals surface area contributed by atoms with Gasteiger partial charge in [0.05, 0.1) is 11.8 Å². The third kappa shape index (κ3) is 3.76. The SMILES string of the molecule is O=C(CN1C(=O)C2CCCCC2C1=O)Nc1cccc(Oc2ccccc2)c1. The van der Waals surface area contributed by atoms with Gasteiger partial charge in [0.25, 0.3) is 0 Å². The van der Waals surface area contributed by atoms with Crippen molar-refractivity contribution in [2.45, 2.75) is 25.7 Å². The van der Waals surface area contributed by atoms with Crippen LogP contribution >= 0.6 is 0 Å². The van der Waals surface area contributed by atoms with Crippen LogP contribution in [0.5, 0.6) is 11.5 Å². The van der Waals surface area contributed by atoms with E-state index >= 15 is 0 Å². The molecule has 1 aliphatic heterocycles. The first-order chi connectivity index (χ1) is 13.6. The van der Waals surface area contributed by atoms with Crippen molar-refractivity contribution in [3.8, 4) is 11.5 Å². The molecule has 2 aromatic rings. The number of carbonyl (C=O) groups excluding carboxylic acids is 3. The zero-order valence-electron chi connectivity index (χ0n) is 15.5. The van der Waals surface area contributed by atoms with Crippen molar-refractivity contribution in [1.29, 1.82) is 0 Å². The highest BCUT2D eigenvalue weighted by molar-refractivity contribution is 6.08. The fourth-order valence-electron chi connectivity index (χ4n) is 3.99. The van der Waals surface area contributed by atoms with Gasteiger partial charge in [-0.1, -0.05) is 37.1 Å². The maximum Gasteiger partial charge on any atom is 0.244 e. The summed E-state index contributed by atoms with van der Waals surface area (Å²) in [7, 11) is 0. The molecule has 2 aliphatic rings. The maximum atomic E-state index is 12.5. The molecule has 1 saturated carbocycles. The highest BCUT2D eigenvalue weighted by atomic mass is 16.5. The molecule has 0 radical (unpaired) electrons. The second-order valence-electron chi connectivity index (χ2n) is 7.25. The van der Waals surface area contributed by atoms with Gasteiger partial charge >= 0.3 is 0 Å². The van der Waals surface area contributed by atoms with Crippen LogP contribution < -0.4 is 10.1 Å². The van der Waals surface area contributed by atoms with Crippen LogP contribution in [-0.4, -0.2) is 29.2 Å². The molecule has 0 spiro atoms. The van der Waals surface area contributed by atoms with Gasteiger partial charge in [-0.3, -0.25) is 19.3 Å². The number of hydrogen-bond acceptors (Lipinski definition) is 4. The minimum absolute atomic E-state index is 0.203. The highest BCUT2D eigenvalue weighted by Crippen LogP contribution is 2.37. The molecule has 28 heavy (non-hydrogen) atoms. The summed E-state index contributed by atoms with van der Waals surface area (Å²) < 4.78 is 5.76. The minimum Gasteiger partial charge on any atom is -0.457 e. The van der Waals surface area contributed by atoms with Crippen molar-refractivity contribution >= 4 is 23.4 Å². The predicted octanol–water partition coefficient (Wildman–Crippen LogP) is 3.59. The summed E-state index contributed by atoms with van der Waals surface area (Å²) in [5.74, 6) is 0.00715. The van der Waals surface area contributed by atoms with E-state index in [2.05, 4.69) is 5.32 Å². The van der Waals surface area contributed by atoms with Crippen molar-refractivity contribution in [3.63, 3.8) is 0 Å². The number of rotatable bonds is 5. The molecule has 1 N–H and O–H groups in total. The lowest BCUT2D eigenvalue weighted by Crippen LogP contribution is -2.38. The average Bonchev–Trinajstić information content (AvgIpc) is 2.94. The summed E-state index contributed by atoms with van der Waals surface area (Å²) in [6.07, 6.45) is 3.42. The second kappa shape index (κ2) is 7.84. The molecule has 0 aromatic heterocycles. The Morgan fingerprint density at radius 3 is 2.25 bits per heavy atom. The number of nitrogens with zero attached hydrogens (tertiary/aromatic N) is 1. The number of benzene rings is 2. The molecule has 2 unspecified atom stereocenters. The number of imide groups is 1. The van der Waals surface area contributed by atoms with Crippen LogP contribution in [0.4, 0.5) is 5.69 Å². The maximum absolute atomic E-state index is 12.5. The smallest absolute Gasteiger partial charge is 0.244 e. The first-order valence-corrected chi connectivity index (χ1v) is 9.60. The molecular formula is C22H22N2O4. The van der Waals surface area contributed by atoms with Gasteiger partial charge in [-0.2, -0.15) is 0 Å². The monoisotopic (exact) mass is 378 g/mol. The van der Waals surface area contributed by atoms with Crippen molar-refractivity contribution in [3.05, 3.63) is 54.6 Å². The van der Waals surface area contributed by atoms with Crippen LogP contribution in [0.25, 0.3) is 0 Å². The Morgan fingerprint density at radius 1 is 0.929 bits per heavy atom. The molecular weight excluding hydrogens is 356 g/mol. The summed E-state index contributed by atoms with van der Waals surface area (Å²) in [6.45, 7) is -0.242. The van der Waals surface area contributed by atoms with E-state index in [0.717, 1.165) is 30.6 Å². The van der Waals surface area contributed by atoms with E-state index in [1.165, 1.54) is 0 Å². The van der Waals surface area contributed by atoms with E-state index < -0.39 is 5.91 Å². The number of anilines is 1. The molecule has 0 bridgehead atoms. The quantitative estimate of drug-likeness (QED) is 0.807. The van der Waals surface area contributed by atoms with Crippen LogP contribution in [0.1, 0.15) is 25.7 Å². The van der Waals surface area contributed by atoms with Gasteiger partial charge in [0.15, 0.2) is 0 Å². The fraction of sp³-hybridized carbons (Fsp3) is 0.318. The van der Waals surface area contributed by atoms with Crippen molar-refractivity contribution < 1.29 is 19.1 Å². The Kier molecular flexibility index (Phi) is 5.10. The van der Waals surface area contributed by atoms with Gasteiger partial charge in [-0.15, -0.1) is 0 Å². The van der Waals surface area contributed by atoms with Crippen LogP contribution in [0.15, 0.2) is 54.6 Å². The lowest BCUT2D eigenvalue weighted by atomic mass is 9.81. The van der Waals surface area contributed by atoms with Gasteiger partial charge in [0.1, 0.15) is 18.0 Å². The Morgan fingerprint density at radius 2 is 1.57 bits per heavy atom. The largest absolute Gasteiger partial charge is 0.457 e. The number of para-hydroxylation sites is 1. The third-order valence-corrected chi connectivity index (χ3v) is 5.33. The standard InChI is InChI=1S/C22H22N2O4/c25-20(14-24-21(26)18-11-4-5-12-19(18)22(24)27)23-15-7-6-10-17(13-15)28-16-8-2-1-3-9-16/h1-3,6-10,13,18-19H,4-5,11-12,14H2,(H,23,25). The van der Waals surface area contributed by atoms with E-state index in [9.17, 15) is 14.4 Å². The van der Waals surface area contributed by atoms with E-state index in [1.807, 2.05) is 30.3 Å². The molecule has 2 atom stereocenters.